The van der Waals surface area contributed by atoms with Crippen molar-refractivity contribution < 1.29 is 9.13 Å². The molecule has 106 valence electrons. The quantitative estimate of drug-likeness (QED) is 0.895. The van der Waals surface area contributed by atoms with Gasteiger partial charge in [-0.1, -0.05) is 11.6 Å². The summed E-state index contributed by atoms with van der Waals surface area (Å²) in [6, 6.07) is 7.52. The molecular weight excluding hydrogens is 281 g/mol. The first-order valence-electron chi connectivity index (χ1n) is 6.10. The number of nitrogens with zero attached hydrogens (tertiary/aromatic N) is 1. The Morgan fingerprint density at radius 1 is 1.30 bits per heavy atom. The van der Waals surface area contributed by atoms with Crippen LogP contribution in [0.5, 0.6) is 5.88 Å². The molecule has 2 aromatic rings. The van der Waals surface area contributed by atoms with E-state index in [1.165, 1.54) is 12.1 Å². The predicted molar refractivity (Wildman–Crippen MR) is 79.1 cm³/mol. The van der Waals surface area contributed by atoms with Gasteiger partial charge in [-0.25, -0.2) is 4.39 Å². The van der Waals surface area contributed by atoms with Gasteiger partial charge < -0.3 is 15.8 Å². The third-order valence-corrected chi connectivity index (χ3v) is 2.59. The Hall–Kier alpha value is -2.01. The zero-order valence-electron chi connectivity index (χ0n) is 11.2. The molecule has 1 aromatic carbocycles. The van der Waals surface area contributed by atoms with Crippen LogP contribution in [0.25, 0.3) is 0 Å². The van der Waals surface area contributed by atoms with Crippen LogP contribution in [0, 0.1) is 5.82 Å². The van der Waals surface area contributed by atoms with E-state index in [0.29, 0.717) is 28.1 Å². The van der Waals surface area contributed by atoms with Gasteiger partial charge in [-0.05, 0) is 44.2 Å². The Labute approximate surface area is 121 Å². The van der Waals surface area contributed by atoms with Crippen LogP contribution in [-0.4, -0.2) is 11.1 Å². The van der Waals surface area contributed by atoms with Crippen LogP contribution >= 0.6 is 11.6 Å². The number of nitrogens with two attached hydrogens (primary N) is 1. The maximum absolute atomic E-state index is 13.3. The average molecular weight is 296 g/mol. The molecule has 0 spiro atoms. The van der Waals surface area contributed by atoms with Crippen molar-refractivity contribution in [2.24, 2.45) is 0 Å². The molecule has 0 atom stereocenters. The molecule has 3 N–H and O–H groups in total. The summed E-state index contributed by atoms with van der Waals surface area (Å²) in [4.78, 5) is 4.24. The molecule has 0 amide bonds. The highest BCUT2D eigenvalue weighted by Crippen LogP contribution is 2.25. The molecule has 20 heavy (non-hydrogen) atoms. The minimum atomic E-state index is -0.422. The second-order valence-electron chi connectivity index (χ2n) is 4.54. The highest BCUT2D eigenvalue weighted by molar-refractivity contribution is 6.30. The number of hydrogen-bond donors (Lipinski definition) is 2. The first kappa shape index (κ1) is 14.4. The standard InChI is InChI=1S/C14H15ClFN3O/c1-8(2)20-14-12(17)3-4-13(19-14)18-11-6-9(15)5-10(16)7-11/h3-8H,17H2,1-2H3,(H,18,19). The Balaban J connectivity index is 2.25. The van der Waals surface area contributed by atoms with Crippen LogP contribution in [0.4, 0.5) is 21.6 Å². The largest absolute Gasteiger partial charge is 0.473 e. The van der Waals surface area contributed by atoms with Gasteiger partial charge in [0.2, 0.25) is 5.88 Å². The van der Waals surface area contributed by atoms with Crippen LogP contribution in [0.15, 0.2) is 30.3 Å². The van der Waals surface area contributed by atoms with E-state index in [9.17, 15) is 4.39 Å². The van der Waals surface area contributed by atoms with Crippen molar-refractivity contribution in [1.29, 1.82) is 0 Å². The SMILES string of the molecule is CC(C)Oc1nc(Nc2cc(F)cc(Cl)c2)ccc1N. The fraction of sp³-hybridized carbons (Fsp3) is 0.214. The van der Waals surface area contributed by atoms with Gasteiger partial charge in [0.05, 0.1) is 11.8 Å². The maximum Gasteiger partial charge on any atom is 0.239 e. The molecule has 0 aliphatic carbocycles. The molecular formula is C14H15ClFN3O. The summed E-state index contributed by atoms with van der Waals surface area (Å²) in [5.74, 6) is 0.415. The van der Waals surface area contributed by atoms with E-state index in [0.717, 1.165) is 0 Å². The van der Waals surface area contributed by atoms with Crippen molar-refractivity contribution in [3.05, 3.63) is 41.2 Å². The lowest BCUT2D eigenvalue weighted by molar-refractivity contribution is 0.234. The summed E-state index contributed by atoms with van der Waals surface area (Å²) in [6.07, 6.45) is -0.0383. The Kier molecular flexibility index (Phi) is 4.29. The van der Waals surface area contributed by atoms with Gasteiger partial charge in [0.1, 0.15) is 11.6 Å². The summed E-state index contributed by atoms with van der Waals surface area (Å²) in [5, 5.41) is 3.26. The molecule has 1 aromatic heterocycles. The molecule has 0 fully saturated rings. The number of nitrogens with one attached hydrogen (secondary N) is 1. The summed E-state index contributed by atoms with van der Waals surface area (Å²) < 4.78 is 18.8. The molecule has 0 radical (unpaired) electrons. The van der Waals surface area contributed by atoms with Crippen molar-refractivity contribution in [2.45, 2.75) is 20.0 Å². The van der Waals surface area contributed by atoms with Crippen molar-refractivity contribution >= 4 is 28.8 Å². The number of rotatable bonds is 4. The van der Waals surface area contributed by atoms with Crippen LogP contribution in [-0.2, 0) is 0 Å². The van der Waals surface area contributed by atoms with Gasteiger partial charge in [0.25, 0.3) is 0 Å². The van der Waals surface area contributed by atoms with E-state index in [2.05, 4.69) is 10.3 Å². The number of anilines is 3. The van der Waals surface area contributed by atoms with Crippen molar-refractivity contribution in [3.63, 3.8) is 0 Å². The first-order valence-corrected chi connectivity index (χ1v) is 6.48. The van der Waals surface area contributed by atoms with E-state index < -0.39 is 5.82 Å². The van der Waals surface area contributed by atoms with Crippen molar-refractivity contribution in [1.82, 2.24) is 4.98 Å². The van der Waals surface area contributed by atoms with Crippen LogP contribution in [0.1, 0.15) is 13.8 Å². The lowest BCUT2D eigenvalue weighted by atomic mass is 10.3. The molecule has 2 rings (SSSR count). The molecule has 4 nitrogen and oxygen atoms in total. The second kappa shape index (κ2) is 5.96. The highest BCUT2D eigenvalue weighted by atomic mass is 35.5. The molecule has 0 aliphatic rings. The highest BCUT2D eigenvalue weighted by Gasteiger charge is 2.07. The molecule has 0 unspecified atom stereocenters. The van der Waals surface area contributed by atoms with Crippen LogP contribution < -0.4 is 15.8 Å². The van der Waals surface area contributed by atoms with Gasteiger partial charge in [-0.15, -0.1) is 0 Å². The summed E-state index contributed by atoms with van der Waals surface area (Å²) in [7, 11) is 0. The van der Waals surface area contributed by atoms with Crippen LogP contribution in [0.3, 0.4) is 0 Å². The van der Waals surface area contributed by atoms with Gasteiger partial charge in [-0.2, -0.15) is 4.98 Å². The van der Waals surface area contributed by atoms with Gasteiger partial charge >= 0.3 is 0 Å². The number of benzene rings is 1. The lowest BCUT2D eigenvalue weighted by Gasteiger charge is -2.13. The van der Waals surface area contributed by atoms with E-state index in [-0.39, 0.29) is 6.10 Å². The third-order valence-electron chi connectivity index (χ3n) is 2.37. The molecule has 0 aliphatic heterocycles. The van der Waals surface area contributed by atoms with Gasteiger partial charge in [0, 0.05) is 10.7 Å². The van der Waals surface area contributed by atoms with Gasteiger partial charge in [0.15, 0.2) is 0 Å². The molecule has 6 heteroatoms. The Bertz CT molecular complexity index is 599. The second-order valence-corrected chi connectivity index (χ2v) is 4.98. The van der Waals surface area contributed by atoms with E-state index >= 15 is 0 Å². The number of aromatic nitrogens is 1. The fourth-order valence-electron chi connectivity index (χ4n) is 1.61. The third kappa shape index (κ3) is 3.74. The number of halogens is 2. The summed E-state index contributed by atoms with van der Waals surface area (Å²) in [5.41, 5.74) is 6.73. The topological polar surface area (TPSA) is 60.2 Å². The summed E-state index contributed by atoms with van der Waals surface area (Å²) in [6.45, 7) is 3.77. The van der Waals surface area contributed by atoms with Crippen LogP contribution in [0.2, 0.25) is 5.02 Å². The van der Waals surface area contributed by atoms with E-state index in [1.807, 2.05) is 13.8 Å². The van der Waals surface area contributed by atoms with E-state index in [4.69, 9.17) is 22.1 Å². The monoisotopic (exact) mass is 295 g/mol. The molecule has 0 saturated heterocycles. The molecule has 0 saturated carbocycles. The minimum absolute atomic E-state index is 0.0383. The van der Waals surface area contributed by atoms with Gasteiger partial charge in [-0.3, -0.25) is 0 Å². The fourth-order valence-corrected chi connectivity index (χ4v) is 1.83. The minimum Gasteiger partial charge on any atom is -0.473 e. The first-order chi connectivity index (χ1) is 9.44. The number of hydrogen-bond acceptors (Lipinski definition) is 4. The predicted octanol–water partition coefficient (Wildman–Crippen LogP) is 3.99. The zero-order chi connectivity index (χ0) is 14.7. The van der Waals surface area contributed by atoms with Crippen molar-refractivity contribution in [2.75, 3.05) is 11.1 Å². The Morgan fingerprint density at radius 2 is 2.05 bits per heavy atom. The average Bonchev–Trinajstić information content (AvgIpc) is 2.31. The molecule has 0 bridgehead atoms. The number of nitrogen functional groups attached to an aromatic ring is 1. The van der Waals surface area contributed by atoms with Crippen molar-refractivity contribution in [3.8, 4) is 5.88 Å². The zero-order valence-corrected chi connectivity index (χ0v) is 11.9. The molecule has 1 heterocycles. The summed E-state index contributed by atoms with van der Waals surface area (Å²) >= 11 is 5.80. The normalized spacial score (nSPS) is 10.7. The van der Waals surface area contributed by atoms with E-state index in [1.54, 1.807) is 18.2 Å². The maximum atomic E-state index is 13.3. The smallest absolute Gasteiger partial charge is 0.239 e. The number of pyridine rings is 1. The lowest BCUT2D eigenvalue weighted by Crippen LogP contribution is -2.09. The number of ether oxygens (including phenoxy) is 1. The Morgan fingerprint density at radius 3 is 2.70 bits per heavy atom.